The molecule has 31 heavy (non-hydrogen) atoms. The first-order valence-corrected chi connectivity index (χ1v) is 12.2. The smallest absolute Gasteiger partial charge is 0.182 e. The van der Waals surface area contributed by atoms with Crippen LogP contribution in [-0.4, -0.2) is 51.5 Å². The van der Waals surface area contributed by atoms with Crippen LogP contribution in [0.2, 0.25) is 0 Å². The summed E-state index contributed by atoms with van der Waals surface area (Å²) in [5.74, 6) is 0.876. The number of fused-ring (bicyclic) bond motifs is 1. The van der Waals surface area contributed by atoms with Crippen LogP contribution in [0.1, 0.15) is 36.0 Å². The molecule has 4 rings (SSSR count). The average Bonchev–Trinajstić information content (AvgIpc) is 2.97. The Bertz CT molecular complexity index is 1060. The molecule has 2 aliphatic rings. The second-order valence-electron chi connectivity index (χ2n) is 8.81. The minimum Gasteiger partial charge on any atom is -0.493 e. The number of aryl methyl sites for hydroxylation is 1. The first-order valence-electron chi connectivity index (χ1n) is 10.7. The maximum absolute atomic E-state index is 15.7. The largest absolute Gasteiger partial charge is 0.493 e. The van der Waals surface area contributed by atoms with E-state index in [2.05, 4.69) is 30.0 Å². The van der Waals surface area contributed by atoms with Gasteiger partial charge < -0.3 is 9.47 Å². The topological polar surface area (TPSA) is 55.8 Å². The zero-order valence-electron chi connectivity index (χ0n) is 18.4. The summed E-state index contributed by atoms with van der Waals surface area (Å²) in [5, 5.41) is -0.743. The van der Waals surface area contributed by atoms with Gasteiger partial charge in [0.2, 0.25) is 0 Å². The van der Waals surface area contributed by atoms with Gasteiger partial charge in [-0.3, -0.25) is 4.90 Å². The zero-order chi connectivity index (χ0) is 22.2. The van der Waals surface area contributed by atoms with Crippen molar-refractivity contribution in [3.8, 4) is 11.5 Å². The van der Waals surface area contributed by atoms with Gasteiger partial charge in [-0.1, -0.05) is 29.8 Å². The number of hydrogen-bond acceptors (Lipinski definition) is 5. The van der Waals surface area contributed by atoms with Gasteiger partial charge in [0.1, 0.15) is 5.67 Å². The Morgan fingerprint density at radius 3 is 2.42 bits per heavy atom. The van der Waals surface area contributed by atoms with Crippen LogP contribution in [0.15, 0.2) is 41.3 Å². The lowest BCUT2D eigenvalue weighted by Gasteiger charge is -2.37. The van der Waals surface area contributed by atoms with Crippen LogP contribution >= 0.6 is 0 Å². The molecule has 0 saturated carbocycles. The molecule has 1 saturated heterocycles. The van der Waals surface area contributed by atoms with Crippen LogP contribution in [0.25, 0.3) is 0 Å². The molecule has 2 aromatic rings. The average molecular weight is 448 g/mol. The molecule has 2 aliphatic heterocycles. The van der Waals surface area contributed by atoms with Gasteiger partial charge in [-0.15, -0.1) is 0 Å². The molecular weight excluding hydrogens is 417 g/mol. The highest BCUT2D eigenvalue weighted by atomic mass is 32.2. The summed E-state index contributed by atoms with van der Waals surface area (Å²) >= 11 is 0. The predicted octanol–water partition coefficient (Wildman–Crippen LogP) is 4.11. The van der Waals surface area contributed by atoms with E-state index in [4.69, 9.17) is 9.47 Å². The molecule has 0 radical (unpaired) electrons. The highest BCUT2D eigenvalue weighted by Crippen LogP contribution is 2.43. The first-order chi connectivity index (χ1) is 14.7. The van der Waals surface area contributed by atoms with Gasteiger partial charge >= 0.3 is 0 Å². The van der Waals surface area contributed by atoms with Crippen molar-refractivity contribution in [3.05, 3.63) is 53.1 Å². The van der Waals surface area contributed by atoms with Crippen LogP contribution in [-0.2, 0) is 22.8 Å². The van der Waals surface area contributed by atoms with Crippen molar-refractivity contribution in [2.75, 3.05) is 27.3 Å². The number of halogens is 1. The molecule has 0 spiro atoms. The number of sulfone groups is 1. The second kappa shape index (κ2) is 8.43. The molecule has 1 unspecified atom stereocenters. The van der Waals surface area contributed by atoms with Crippen molar-refractivity contribution >= 4 is 9.84 Å². The number of alkyl halides is 1. The maximum Gasteiger partial charge on any atom is 0.182 e. The Labute approximate surface area is 184 Å². The predicted molar refractivity (Wildman–Crippen MR) is 118 cm³/mol. The second-order valence-corrected chi connectivity index (χ2v) is 11.0. The Balaban J connectivity index is 1.43. The molecule has 0 aliphatic carbocycles. The van der Waals surface area contributed by atoms with Gasteiger partial charge in [0.15, 0.2) is 21.3 Å². The number of nitrogens with zero attached hydrogens (tertiary/aromatic N) is 1. The van der Waals surface area contributed by atoms with E-state index in [-0.39, 0.29) is 11.3 Å². The fourth-order valence-electron chi connectivity index (χ4n) is 4.84. The molecule has 0 bridgehead atoms. The van der Waals surface area contributed by atoms with Gasteiger partial charge in [0.25, 0.3) is 0 Å². The number of ether oxygens (including phenoxy) is 2. The van der Waals surface area contributed by atoms with Crippen LogP contribution < -0.4 is 9.47 Å². The number of rotatable bonds is 6. The zero-order valence-corrected chi connectivity index (χ0v) is 19.2. The van der Waals surface area contributed by atoms with Gasteiger partial charge in [-0.25, -0.2) is 12.8 Å². The molecule has 0 aromatic heterocycles. The Hall–Kier alpha value is -2.12. The van der Waals surface area contributed by atoms with E-state index in [1.54, 1.807) is 6.07 Å². The van der Waals surface area contributed by atoms with E-state index in [9.17, 15) is 8.42 Å². The minimum atomic E-state index is -3.60. The lowest BCUT2D eigenvalue weighted by Crippen LogP contribution is -2.43. The third kappa shape index (κ3) is 4.44. The monoisotopic (exact) mass is 447 g/mol. The third-order valence-corrected chi connectivity index (χ3v) is 8.80. The summed E-state index contributed by atoms with van der Waals surface area (Å²) in [6.07, 6.45) is 1.06. The van der Waals surface area contributed by atoms with E-state index in [0.29, 0.717) is 49.4 Å². The highest BCUT2D eigenvalue weighted by Gasteiger charge is 2.45. The quantitative estimate of drug-likeness (QED) is 0.667. The van der Waals surface area contributed by atoms with Crippen LogP contribution in [0.4, 0.5) is 4.39 Å². The summed E-state index contributed by atoms with van der Waals surface area (Å²) in [4.78, 5) is 2.50. The van der Waals surface area contributed by atoms with Crippen LogP contribution in [0.5, 0.6) is 11.5 Å². The van der Waals surface area contributed by atoms with Crippen LogP contribution in [0.3, 0.4) is 0 Å². The van der Waals surface area contributed by atoms with Gasteiger partial charge in [-0.05, 0) is 49.8 Å². The number of hydrogen-bond donors (Lipinski definition) is 0. The van der Waals surface area contributed by atoms with Crippen LogP contribution in [0, 0.1) is 6.92 Å². The number of piperidine rings is 1. The van der Waals surface area contributed by atoms with E-state index in [0.717, 1.165) is 6.54 Å². The maximum atomic E-state index is 15.7. The highest BCUT2D eigenvalue weighted by molar-refractivity contribution is 7.92. The Morgan fingerprint density at radius 2 is 1.77 bits per heavy atom. The lowest BCUT2D eigenvalue weighted by molar-refractivity contribution is 0.0471. The molecule has 7 heteroatoms. The summed E-state index contributed by atoms with van der Waals surface area (Å²) in [7, 11) is -0.601. The molecule has 2 heterocycles. The van der Waals surface area contributed by atoms with Crippen molar-refractivity contribution in [3.63, 3.8) is 0 Å². The Kier molecular flexibility index (Phi) is 6.01. The van der Waals surface area contributed by atoms with Crippen molar-refractivity contribution in [2.45, 2.75) is 55.0 Å². The molecular formula is C24H30FNO4S. The third-order valence-electron chi connectivity index (χ3n) is 6.59. The Morgan fingerprint density at radius 1 is 1.10 bits per heavy atom. The number of benzene rings is 2. The van der Waals surface area contributed by atoms with Crippen molar-refractivity contribution in [1.29, 1.82) is 0 Å². The molecule has 5 nitrogen and oxygen atoms in total. The molecule has 2 aromatic carbocycles. The van der Waals surface area contributed by atoms with Gasteiger partial charge in [-0.2, -0.15) is 0 Å². The van der Waals surface area contributed by atoms with E-state index in [1.807, 2.05) is 6.07 Å². The van der Waals surface area contributed by atoms with Crippen molar-refractivity contribution in [1.82, 2.24) is 4.90 Å². The fourth-order valence-corrected chi connectivity index (χ4v) is 6.89. The standard InChI is InChI=1S/C24H30FNO4S/c1-17-5-4-6-18(11-17)16-26-9-7-24(25,8-10-26)15-20-12-19-13-21(29-2)22(30-3)14-23(19)31(20,27)28/h4-6,11,13-14,20H,7-10,12,15-16H2,1-3H3. The number of likely N-dealkylation sites (tertiary alicyclic amines) is 1. The SMILES string of the molecule is COc1cc2c(cc1OC)S(=O)(=O)C(CC1(F)CCN(Cc3cccc(C)c3)CC1)C2. The lowest BCUT2D eigenvalue weighted by atomic mass is 9.87. The fraction of sp³-hybridized carbons (Fsp3) is 0.500. The van der Waals surface area contributed by atoms with Gasteiger partial charge in [0.05, 0.1) is 24.4 Å². The van der Waals surface area contributed by atoms with E-state index < -0.39 is 20.8 Å². The van der Waals surface area contributed by atoms with Crippen molar-refractivity contribution < 1.29 is 22.3 Å². The minimum absolute atomic E-state index is 0.0347. The van der Waals surface area contributed by atoms with Gasteiger partial charge in [0, 0.05) is 25.7 Å². The summed E-state index contributed by atoms with van der Waals surface area (Å²) in [5.41, 5.74) is 1.66. The molecule has 0 N–H and O–H groups in total. The summed E-state index contributed by atoms with van der Waals surface area (Å²) in [6.45, 7) is 4.12. The van der Waals surface area contributed by atoms with E-state index >= 15 is 4.39 Å². The molecule has 1 atom stereocenters. The van der Waals surface area contributed by atoms with Crippen molar-refractivity contribution in [2.24, 2.45) is 0 Å². The normalized spacial score (nSPS) is 22.1. The first kappa shape index (κ1) is 22.1. The molecule has 168 valence electrons. The molecule has 0 amide bonds. The van der Waals surface area contributed by atoms with E-state index in [1.165, 1.54) is 31.4 Å². The number of methoxy groups -OCH3 is 2. The summed E-state index contributed by atoms with van der Waals surface area (Å²) < 4.78 is 52.5. The molecule has 1 fully saturated rings. The summed E-state index contributed by atoms with van der Waals surface area (Å²) in [6, 6.07) is 11.6.